The Balaban J connectivity index is 1.81. The van der Waals surface area contributed by atoms with Crippen molar-refractivity contribution in [3.8, 4) is 0 Å². The van der Waals surface area contributed by atoms with Gasteiger partial charge in [0.15, 0.2) is 0 Å². The zero-order chi connectivity index (χ0) is 24.8. The summed E-state index contributed by atoms with van der Waals surface area (Å²) in [6.07, 6.45) is 6.95. The van der Waals surface area contributed by atoms with Gasteiger partial charge >= 0.3 is 0 Å². The molecule has 0 radical (unpaired) electrons. The van der Waals surface area contributed by atoms with E-state index in [1.807, 2.05) is 12.1 Å². The van der Waals surface area contributed by atoms with Gasteiger partial charge in [0.1, 0.15) is 0 Å². The van der Waals surface area contributed by atoms with E-state index in [-0.39, 0.29) is 0 Å². The van der Waals surface area contributed by atoms with Gasteiger partial charge in [-0.1, -0.05) is 0 Å². The fourth-order valence-electron chi connectivity index (χ4n) is 4.45. The van der Waals surface area contributed by atoms with Crippen molar-refractivity contribution in [3.05, 3.63) is 72.3 Å². The molecule has 9 heteroatoms. The van der Waals surface area contributed by atoms with Crippen molar-refractivity contribution in [2.45, 2.75) is 13.8 Å². The van der Waals surface area contributed by atoms with Crippen molar-refractivity contribution in [2.75, 3.05) is 26.7 Å². The second-order valence-corrected chi connectivity index (χ2v) is 16.6. The summed E-state index contributed by atoms with van der Waals surface area (Å²) in [6.45, 7) is 13.2. The van der Waals surface area contributed by atoms with Crippen LogP contribution in [0.5, 0.6) is 0 Å². The van der Waals surface area contributed by atoms with E-state index in [4.69, 9.17) is 9.49 Å². The highest BCUT2D eigenvalue weighted by Gasteiger charge is 2.22. The molecule has 0 aliphatic carbocycles. The van der Waals surface area contributed by atoms with Crippen LogP contribution in [0.1, 0.15) is 11.1 Å². The van der Waals surface area contributed by atoms with E-state index in [0.29, 0.717) is 11.9 Å². The Morgan fingerprint density at radius 3 is 1.34 bits per heavy atom. The number of aromatic nitrogens is 5. The molecule has 0 unspecified atom stereocenters. The summed E-state index contributed by atoms with van der Waals surface area (Å²) < 4.78 is 10.0. The van der Waals surface area contributed by atoms with Crippen LogP contribution in [0, 0.1) is 13.8 Å². The molecule has 7 nitrogen and oxygen atoms in total. The molecule has 5 aromatic rings. The first kappa shape index (κ1) is 23.6. The first-order valence-corrected chi connectivity index (χ1v) is 16.7. The van der Waals surface area contributed by atoms with Crippen molar-refractivity contribution in [1.29, 1.82) is 0 Å². The van der Waals surface area contributed by atoms with Gasteiger partial charge in [0.25, 0.3) is 0 Å². The summed E-state index contributed by atoms with van der Waals surface area (Å²) >= 11 is 0. The van der Waals surface area contributed by atoms with Crippen LogP contribution in [-0.4, -0.2) is 51.6 Å². The molecule has 178 valence electrons. The van der Waals surface area contributed by atoms with Gasteiger partial charge in [0.2, 0.25) is 11.9 Å². The highest BCUT2D eigenvalue weighted by Crippen LogP contribution is 2.48. The topological polar surface area (TPSA) is 92.1 Å². The van der Waals surface area contributed by atoms with E-state index in [0.717, 1.165) is 11.0 Å². The zero-order valence-corrected chi connectivity index (χ0v) is 22.6. The number of benzene rings is 2. The molecule has 0 amide bonds. The lowest BCUT2D eigenvalue weighted by molar-refractivity contribution is 1.14. The summed E-state index contributed by atoms with van der Waals surface area (Å²) in [6, 6.07) is 12.7. The monoisotopic (exact) mass is 501 g/mol. The summed E-state index contributed by atoms with van der Waals surface area (Å²) in [7, 11) is -3.87. The van der Waals surface area contributed by atoms with Gasteiger partial charge < -0.3 is 4.98 Å². The summed E-state index contributed by atoms with van der Waals surface area (Å²) in [5.41, 5.74) is 4.69. The molecule has 0 aliphatic rings. The molecule has 35 heavy (non-hydrogen) atoms. The van der Waals surface area contributed by atoms with Gasteiger partial charge in [-0.2, -0.15) is 0 Å². The summed E-state index contributed by atoms with van der Waals surface area (Å²) in [5, 5.41) is 4.87. The minimum Gasteiger partial charge on any atom is -0.353 e. The number of nitrogens with zero attached hydrogens (tertiary/aromatic N) is 6. The van der Waals surface area contributed by atoms with Gasteiger partial charge in [0, 0.05) is 60.3 Å². The van der Waals surface area contributed by atoms with E-state index in [1.54, 1.807) is 24.8 Å². The molecule has 0 aliphatic heterocycles. The van der Waals surface area contributed by atoms with Gasteiger partial charge in [-0.3, -0.25) is 0 Å². The van der Waals surface area contributed by atoms with Gasteiger partial charge in [-0.25, -0.2) is 29.4 Å². The van der Waals surface area contributed by atoms with Crippen molar-refractivity contribution >= 4 is 58.4 Å². The van der Waals surface area contributed by atoms with Crippen molar-refractivity contribution in [1.82, 2.24) is 24.9 Å². The van der Waals surface area contributed by atoms with Crippen LogP contribution in [0.2, 0.25) is 0 Å². The number of rotatable bonds is 4. The molecule has 0 fully saturated rings. The van der Waals surface area contributed by atoms with E-state index in [9.17, 15) is 0 Å². The first-order valence-electron chi connectivity index (χ1n) is 11.4. The fourth-order valence-corrected chi connectivity index (χ4v) is 8.25. The fraction of sp³-hybridized carbons (Fsp3) is 0.231. The van der Waals surface area contributed by atoms with Gasteiger partial charge in [0.05, 0.1) is 11.0 Å². The molecule has 1 N–H and O–H groups in total. The second-order valence-electron chi connectivity index (χ2n) is 9.62. The number of nitrogens with one attached hydrogen (secondary N) is 1. The van der Waals surface area contributed by atoms with Crippen molar-refractivity contribution < 1.29 is 0 Å². The highest BCUT2D eigenvalue weighted by atomic mass is 31.2. The smallest absolute Gasteiger partial charge is 0.248 e. The Labute approximate surface area is 205 Å². The molecule has 0 bridgehead atoms. The highest BCUT2D eigenvalue weighted by molar-refractivity contribution is 7.73. The molecular formula is C26H29N7P2. The molecule has 0 spiro atoms. The number of aryl methyl sites for hydroxylation is 2. The Kier molecular flexibility index (Phi) is 5.94. The van der Waals surface area contributed by atoms with Gasteiger partial charge in [-0.15, -0.1) is 0 Å². The van der Waals surface area contributed by atoms with Crippen LogP contribution in [0.25, 0.3) is 21.8 Å². The summed E-state index contributed by atoms with van der Waals surface area (Å²) in [4.78, 5) is 21.2. The summed E-state index contributed by atoms with van der Waals surface area (Å²) in [5.74, 6) is 1.06. The van der Waals surface area contributed by atoms with E-state index >= 15 is 0 Å². The minimum absolute atomic E-state index is 0.529. The average molecular weight is 502 g/mol. The van der Waals surface area contributed by atoms with Crippen LogP contribution in [-0.2, 0) is 0 Å². The third kappa shape index (κ3) is 4.59. The number of fused-ring (bicyclic) bond motifs is 3. The average Bonchev–Trinajstić information content (AvgIpc) is 3.16. The lowest BCUT2D eigenvalue weighted by Gasteiger charge is -2.16. The molecule has 0 saturated heterocycles. The maximum atomic E-state index is 5.01. The Morgan fingerprint density at radius 1 is 0.600 bits per heavy atom. The van der Waals surface area contributed by atoms with Crippen LogP contribution >= 0.6 is 14.1 Å². The lowest BCUT2D eigenvalue weighted by Crippen LogP contribution is -2.07. The zero-order valence-electron chi connectivity index (χ0n) is 20.9. The van der Waals surface area contributed by atoms with Crippen LogP contribution in [0.4, 0.5) is 11.9 Å². The molecule has 0 atom stereocenters. The Hall–Kier alpha value is -3.14. The Bertz CT molecular complexity index is 1540. The molecular weight excluding hydrogens is 472 g/mol. The normalized spacial score (nSPS) is 12.3. The number of aromatic amines is 1. The van der Waals surface area contributed by atoms with Crippen LogP contribution < -0.4 is 10.6 Å². The number of H-pyrrole nitrogens is 1. The predicted octanol–water partition coefficient (Wildman–Crippen LogP) is 6.35. The molecule has 5 rings (SSSR count). The quantitative estimate of drug-likeness (QED) is 0.290. The number of hydrogen-bond donors (Lipinski definition) is 1. The first-order chi connectivity index (χ1) is 16.6. The van der Waals surface area contributed by atoms with E-state index < -0.39 is 14.1 Å². The Morgan fingerprint density at radius 2 is 0.971 bits per heavy atom. The minimum atomic E-state index is -1.93. The van der Waals surface area contributed by atoms with E-state index in [2.05, 4.69) is 89.7 Å². The maximum absolute atomic E-state index is 5.01. The third-order valence-corrected chi connectivity index (χ3v) is 10.4. The largest absolute Gasteiger partial charge is 0.353 e. The van der Waals surface area contributed by atoms with Crippen molar-refractivity contribution in [3.63, 3.8) is 0 Å². The third-order valence-electron chi connectivity index (χ3n) is 6.03. The van der Waals surface area contributed by atoms with Gasteiger partial charge in [-0.05, 0) is 88.0 Å². The van der Waals surface area contributed by atoms with E-state index in [1.165, 1.54) is 32.5 Å². The number of hydrogen-bond acceptors (Lipinski definition) is 6. The van der Waals surface area contributed by atoms with Crippen LogP contribution in [0.15, 0.2) is 70.7 Å². The molecule has 0 saturated carbocycles. The molecule has 3 aromatic heterocycles. The SMILES string of the molecule is Cc1cc(P(C)(C)=Nc2ncccn2)c2[nH]c3c(P(C)(C)=Nc4ncccn4)cc(C)cc3c2c1. The van der Waals surface area contributed by atoms with Crippen LogP contribution in [0.3, 0.4) is 0 Å². The van der Waals surface area contributed by atoms with Crippen molar-refractivity contribution in [2.24, 2.45) is 9.49 Å². The molecule has 2 aromatic carbocycles. The second kappa shape index (κ2) is 8.82. The molecule has 3 heterocycles. The predicted molar refractivity (Wildman–Crippen MR) is 150 cm³/mol. The maximum Gasteiger partial charge on any atom is 0.248 e. The lowest BCUT2D eigenvalue weighted by atomic mass is 10.1. The standard InChI is InChI=1S/C26H29N7P2/c1-17-13-19-20-14-18(2)16-22(35(5,6)33-26-29-11-8-12-30-26)24(20)31-23(19)21(15-17)34(3,4)32-25-27-9-7-10-28-25/h7-16,31H,1-6H3.